The second-order valence-corrected chi connectivity index (χ2v) is 5.72. The molecule has 0 bridgehead atoms. The summed E-state index contributed by atoms with van der Waals surface area (Å²) in [6.07, 6.45) is 3.05. The highest BCUT2D eigenvalue weighted by atomic mass is 79.9. The van der Waals surface area contributed by atoms with E-state index in [0.29, 0.717) is 19.8 Å². The highest BCUT2D eigenvalue weighted by molar-refractivity contribution is 9.10. The van der Waals surface area contributed by atoms with Gasteiger partial charge in [-0.15, -0.1) is 0 Å². The second kappa shape index (κ2) is 5.29. The zero-order valence-electron chi connectivity index (χ0n) is 11.8. The maximum Gasteiger partial charge on any atom is 0.164 e. The molecule has 0 radical (unpaired) electrons. The van der Waals surface area contributed by atoms with Crippen LogP contribution in [0.15, 0.2) is 17.3 Å². The van der Waals surface area contributed by atoms with Crippen LogP contribution in [0.4, 0.5) is 5.82 Å². The first-order valence-corrected chi connectivity index (χ1v) is 7.58. The summed E-state index contributed by atoms with van der Waals surface area (Å²) in [4.78, 5) is 15.2. The zero-order valence-corrected chi connectivity index (χ0v) is 13.4. The number of nitrogens with one attached hydrogen (secondary N) is 1. The number of fused-ring (bicyclic) bond motifs is 1. The Hall–Kier alpha value is -2.07. The Kier molecular flexibility index (Phi) is 3.26. The quantitative estimate of drug-likeness (QED) is 0.718. The maximum atomic E-state index is 5.60. The molecule has 1 unspecified atom stereocenters. The summed E-state index contributed by atoms with van der Waals surface area (Å²) in [6, 6.07) is -0.0681. The van der Waals surface area contributed by atoms with Gasteiger partial charge in [0.1, 0.15) is 34.9 Å². The van der Waals surface area contributed by atoms with Crippen molar-refractivity contribution in [2.24, 2.45) is 7.05 Å². The summed E-state index contributed by atoms with van der Waals surface area (Å²) >= 11 is 3.50. The van der Waals surface area contributed by atoms with E-state index in [-0.39, 0.29) is 6.04 Å². The zero-order chi connectivity index (χ0) is 15.1. The van der Waals surface area contributed by atoms with Crippen LogP contribution >= 0.6 is 15.9 Å². The van der Waals surface area contributed by atoms with Crippen LogP contribution in [0.2, 0.25) is 0 Å². The van der Waals surface area contributed by atoms with Gasteiger partial charge in [-0.1, -0.05) is 0 Å². The molecule has 4 heterocycles. The van der Waals surface area contributed by atoms with Crippen molar-refractivity contribution in [1.29, 1.82) is 0 Å². The molecule has 22 heavy (non-hydrogen) atoms. The molecule has 3 aromatic heterocycles. The van der Waals surface area contributed by atoms with E-state index < -0.39 is 0 Å². The number of anilines is 1. The molecule has 0 spiro atoms. The van der Waals surface area contributed by atoms with Crippen molar-refractivity contribution < 1.29 is 4.74 Å². The summed E-state index contributed by atoms with van der Waals surface area (Å²) in [6.45, 7) is 1.87. The number of nitrogens with zero attached hydrogens (tertiary/aromatic N) is 7. The number of H-pyrrole nitrogens is 1. The molecule has 1 N–H and O–H groups in total. The third kappa shape index (κ3) is 2.06. The van der Waals surface area contributed by atoms with E-state index in [1.54, 1.807) is 11.0 Å². The number of hydrogen-bond acceptors (Lipinski definition) is 7. The predicted octanol–water partition coefficient (Wildman–Crippen LogP) is 0.822. The van der Waals surface area contributed by atoms with Crippen LogP contribution in [-0.2, 0) is 11.8 Å². The van der Waals surface area contributed by atoms with Gasteiger partial charge in [-0.25, -0.2) is 19.6 Å². The lowest BCUT2D eigenvalue weighted by Crippen LogP contribution is -2.40. The summed E-state index contributed by atoms with van der Waals surface area (Å²) < 4.78 is 8.06. The molecule has 1 saturated heterocycles. The van der Waals surface area contributed by atoms with Gasteiger partial charge in [0.25, 0.3) is 0 Å². The minimum absolute atomic E-state index is 0.0681. The second-order valence-electron chi connectivity index (χ2n) is 4.97. The number of aromatic amines is 1. The van der Waals surface area contributed by atoms with E-state index in [4.69, 9.17) is 4.74 Å². The van der Waals surface area contributed by atoms with Gasteiger partial charge in [-0.3, -0.25) is 5.10 Å². The van der Waals surface area contributed by atoms with Crippen LogP contribution in [0, 0.1) is 0 Å². The van der Waals surface area contributed by atoms with Gasteiger partial charge >= 0.3 is 0 Å². The molecule has 3 aromatic rings. The monoisotopic (exact) mass is 364 g/mol. The molecule has 0 aromatic carbocycles. The maximum absolute atomic E-state index is 5.60. The Labute approximate surface area is 133 Å². The third-order valence-electron chi connectivity index (χ3n) is 3.71. The Morgan fingerprint density at radius 1 is 1.32 bits per heavy atom. The number of rotatable bonds is 2. The lowest BCUT2D eigenvalue weighted by molar-refractivity contribution is 0.0915. The highest BCUT2D eigenvalue weighted by Crippen LogP contribution is 2.34. The highest BCUT2D eigenvalue weighted by Gasteiger charge is 2.30. The van der Waals surface area contributed by atoms with Gasteiger partial charge in [-0.2, -0.15) is 10.2 Å². The minimum atomic E-state index is -0.0681. The molecule has 1 atom stereocenters. The summed E-state index contributed by atoms with van der Waals surface area (Å²) in [7, 11) is 1.86. The van der Waals surface area contributed by atoms with Gasteiger partial charge in [0, 0.05) is 13.6 Å². The lowest BCUT2D eigenvalue weighted by atomic mass is 10.2. The van der Waals surface area contributed by atoms with Crippen molar-refractivity contribution in [3.63, 3.8) is 0 Å². The Morgan fingerprint density at radius 3 is 3.05 bits per heavy atom. The van der Waals surface area contributed by atoms with Gasteiger partial charge in [-0.05, 0) is 15.9 Å². The third-order valence-corrected chi connectivity index (χ3v) is 4.26. The van der Waals surface area contributed by atoms with E-state index >= 15 is 0 Å². The molecule has 4 rings (SSSR count). The number of morpholine rings is 1. The molecular formula is C12H13BrN8O. The fourth-order valence-electron chi connectivity index (χ4n) is 2.70. The number of halogens is 1. The van der Waals surface area contributed by atoms with Crippen molar-refractivity contribution in [1.82, 2.24) is 34.9 Å². The molecule has 0 amide bonds. The first-order chi connectivity index (χ1) is 10.8. The van der Waals surface area contributed by atoms with E-state index in [1.807, 2.05) is 7.05 Å². The van der Waals surface area contributed by atoms with Gasteiger partial charge in [0.2, 0.25) is 0 Å². The largest absolute Gasteiger partial charge is 0.377 e. The van der Waals surface area contributed by atoms with Gasteiger partial charge in [0.05, 0.1) is 18.6 Å². The fourth-order valence-corrected chi connectivity index (χ4v) is 3.30. The first-order valence-electron chi connectivity index (χ1n) is 6.78. The van der Waals surface area contributed by atoms with Gasteiger partial charge < -0.3 is 9.64 Å². The standard InChI is InChI=1S/C12H13BrN8O/c1-20-11-8(9(13)19-20)12(16-5-15-11)21-2-3-22-4-7(21)10-14-6-17-18-10/h5-7H,2-4H2,1H3,(H,14,17,18). The van der Waals surface area contributed by atoms with E-state index in [9.17, 15) is 0 Å². The van der Waals surface area contributed by atoms with Crippen LogP contribution in [-0.4, -0.2) is 54.7 Å². The molecule has 1 aliphatic rings. The average Bonchev–Trinajstić information content (AvgIpc) is 3.17. The molecule has 1 fully saturated rings. The number of ether oxygens (including phenoxy) is 1. The van der Waals surface area contributed by atoms with Crippen molar-refractivity contribution in [3.8, 4) is 0 Å². The topological polar surface area (TPSA) is 97.6 Å². The Bertz CT molecular complexity index is 801. The summed E-state index contributed by atoms with van der Waals surface area (Å²) in [5.41, 5.74) is 0.777. The number of aromatic nitrogens is 7. The Morgan fingerprint density at radius 2 is 2.23 bits per heavy atom. The summed E-state index contributed by atoms with van der Waals surface area (Å²) in [5.74, 6) is 1.57. The normalized spacial score (nSPS) is 19.0. The molecule has 1 aliphatic heterocycles. The minimum Gasteiger partial charge on any atom is -0.377 e. The summed E-state index contributed by atoms with van der Waals surface area (Å²) in [5, 5.41) is 12.1. The number of aryl methyl sites for hydroxylation is 1. The molecule has 0 aliphatic carbocycles. The SMILES string of the molecule is Cn1nc(Br)c2c(N3CCOCC3c3ncn[nH]3)ncnc21. The van der Waals surface area contributed by atoms with Crippen molar-refractivity contribution in [2.45, 2.75) is 6.04 Å². The molecule has 10 heteroatoms. The molecular weight excluding hydrogens is 352 g/mol. The number of hydrogen-bond donors (Lipinski definition) is 1. The molecule has 0 saturated carbocycles. The smallest absolute Gasteiger partial charge is 0.164 e. The van der Waals surface area contributed by atoms with Crippen molar-refractivity contribution in [2.75, 3.05) is 24.7 Å². The van der Waals surface area contributed by atoms with E-state index in [0.717, 1.165) is 27.3 Å². The van der Waals surface area contributed by atoms with Crippen LogP contribution < -0.4 is 4.90 Å². The van der Waals surface area contributed by atoms with Crippen LogP contribution in [0.3, 0.4) is 0 Å². The predicted molar refractivity (Wildman–Crippen MR) is 81.3 cm³/mol. The first kappa shape index (κ1) is 13.6. The Balaban J connectivity index is 1.86. The van der Waals surface area contributed by atoms with E-state index in [2.05, 4.69) is 51.1 Å². The van der Waals surface area contributed by atoms with Crippen LogP contribution in [0.5, 0.6) is 0 Å². The molecule has 9 nitrogen and oxygen atoms in total. The van der Waals surface area contributed by atoms with Crippen molar-refractivity contribution >= 4 is 32.8 Å². The lowest BCUT2D eigenvalue weighted by Gasteiger charge is -2.35. The van der Waals surface area contributed by atoms with E-state index in [1.165, 1.54) is 6.33 Å². The van der Waals surface area contributed by atoms with Crippen LogP contribution in [0.1, 0.15) is 11.9 Å². The van der Waals surface area contributed by atoms with Gasteiger partial charge in [0.15, 0.2) is 5.65 Å². The fraction of sp³-hybridized carbons (Fsp3) is 0.417. The average molecular weight is 365 g/mol. The molecule has 114 valence electrons. The van der Waals surface area contributed by atoms with Crippen molar-refractivity contribution in [3.05, 3.63) is 23.1 Å². The van der Waals surface area contributed by atoms with Crippen LogP contribution in [0.25, 0.3) is 11.0 Å².